The maximum absolute atomic E-state index is 13.8. The molecule has 0 atom stereocenters. The van der Waals surface area contributed by atoms with E-state index in [0.29, 0.717) is 24.2 Å². The molecule has 4 rings (SSSR count). The predicted octanol–water partition coefficient (Wildman–Crippen LogP) is 3.02. The Kier molecular flexibility index (Phi) is 6.70. The first kappa shape index (κ1) is 23.5. The van der Waals surface area contributed by atoms with Crippen LogP contribution >= 0.6 is 0 Å². The fourth-order valence-corrected chi connectivity index (χ4v) is 5.26. The fourth-order valence-electron chi connectivity index (χ4n) is 3.79. The summed E-state index contributed by atoms with van der Waals surface area (Å²) in [6, 6.07) is 12.7. The van der Waals surface area contributed by atoms with Crippen molar-refractivity contribution in [2.45, 2.75) is 24.3 Å². The minimum absolute atomic E-state index is 0.0265. The third kappa shape index (κ3) is 5.13. The zero-order valence-corrected chi connectivity index (χ0v) is 18.8. The molecule has 12 heteroatoms. The largest absolute Gasteiger partial charge is 0.309 e. The van der Waals surface area contributed by atoms with Crippen molar-refractivity contribution in [3.8, 4) is 0 Å². The molecule has 0 spiro atoms. The van der Waals surface area contributed by atoms with Crippen molar-refractivity contribution in [2.24, 2.45) is 5.92 Å². The summed E-state index contributed by atoms with van der Waals surface area (Å²) in [5.41, 5.74) is 0.288. The van der Waals surface area contributed by atoms with Gasteiger partial charge < -0.3 is 5.32 Å². The van der Waals surface area contributed by atoms with Crippen LogP contribution in [0.3, 0.4) is 0 Å². The van der Waals surface area contributed by atoms with Crippen LogP contribution in [0.2, 0.25) is 0 Å². The van der Waals surface area contributed by atoms with Crippen LogP contribution in [-0.2, 0) is 21.4 Å². The number of aromatic nitrogens is 2. The number of amides is 1. The van der Waals surface area contributed by atoms with Crippen LogP contribution in [0.25, 0.3) is 0 Å². The molecule has 1 aliphatic rings. The second-order valence-corrected chi connectivity index (χ2v) is 9.85. The molecule has 0 unspecified atom stereocenters. The highest BCUT2D eigenvalue weighted by Crippen LogP contribution is 2.26. The Hall–Kier alpha value is -3.64. The lowest BCUT2D eigenvalue weighted by Crippen LogP contribution is -2.41. The number of hydrogen-bond donors (Lipinski definition) is 1. The van der Waals surface area contributed by atoms with Gasteiger partial charge in [0.05, 0.1) is 16.4 Å². The molecule has 10 nitrogen and oxygen atoms in total. The summed E-state index contributed by atoms with van der Waals surface area (Å²) < 4.78 is 42.3. The van der Waals surface area contributed by atoms with Gasteiger partial charge in [-0.15, -0.1) is 0 Å². The maximum Gasteiger partial charge on any atom is 0.269 e. The summed E-state index contributed by atoms with van der Waals surface area (Å²) in [6.45, 7) is 0.527. The number of sulfonamides is 1. The number of benzene rings is 2. The number of non-ortho nitro benzene ring substituents is 1. The van der Waals surface area contributed by atoms with Crippen LogP contribution < -0.4 is 5.32 Å². The first-order valence-corrected chi connectivity index (χ1v) is 12.0. The van der Waals surface area contributed by atoms with E-state index in [4.69, 9.17) is 0 Å². The molecule has 1 N–H and O–H groups in total. The number of nitrogens with one attached hydrogen (secondary N) is 1. The van der Waals surface area contributed by atoms with E-state index in [0.717, 1.165) is 12.1 Å². The molecular formula is C22H22FN5O5S. The summed E-state index contributed by atoms with van der Waals surface area (Å²) in [6.07, 6.45) is 2.30. The number of nitrogens with zero attached hydrogens (tertiary/aromatic N) is 4. The second-order valence-electron chi connectivity index (χ2n) is 7.91. The van der Waals surface area contributed by atoms with Gasteiger partial charge in [0.1, 0.15) is 5.82 Å². The van der Waals surface area contributed by atoms with Gasteiger partial charge in [0.2, 0.25) is 15.9 Å². The number of carbonyl (C=O) groups is 1. The Bertz CT molecular complexity index is 1300. The van der Waals surface area contributed by atoms with Crippen molar-refractivity contribution in [1.29, 1.82) is 0 Å². The molecular weight excluding hydrogens is 465 g/mol. The summed E-state index contributed by atoms with van der Waals surface area (Å²) >= 11 is 0. The van der Waals surface area contributed by atoms with Gasteiger partial charge in [0.25, 0.3) is 5.69 Å². The number of rotatable bonds is 7. The van der Waals surface area contributed by atoms with Gasteiger partial charge in [-0.3, -0.25) is 19.6 Å². The first-order valence-electron chi connectivity index (χ1n) is 10.6. The van der Waals surface area contributed by atoms with E-state index in [1.807, 2.05) is 0 Å². The SMILES string of the molecule is O=C(Nc1ccn(Cc2ccccc2F)n1)C1CCN(S(=O)(=O)c2ccc([N+](=O)[O-])cc2)CC1. The first-order chi connectivity index (χ1) is 16.2. The number of halogens is 1. The molecule has 2 aromatic carbocycles. The molecule has 0 bridgehead atoms. The highest BCUT2D eigenvalue weighted by Gasteiger charge is 2.32. The molecule has 1 fully saturated rings. The number of piperidine rings is 1. The van der Waals surface area contributed by atoms with E-state index >= 15 is 0 Å². The Balaban J connectivity index is 1.33. The number of nitro benzene ring substituents is 1. The van der Waals surface area contributed by atoms with E-state index in [1.165, 1.54) is 27.2 Å². The highest BCUT2D eigenvalue weighted by atomic mass is 32.2. The van der Waals surface area contributed by atoms with Crippen molar-refractivity contribution in [3.63, 3.8) is 0 Å². The van der Waals surface area contributed by atoms with Crippen molar-refractivity contribution in [1.82, 2.24) is 14.1 Å². The Labute approximate surface area is 195 Å². The molecule has 1 aliphatic heterocycles. The smallest absolute Gasteiger partial charge is 0.269 e. The summed E-state index contributed by atoms with van der Waals surface area (Å²) in [4.78, 5) is 22.8. The molecule has 0 saturated carbocycles. The molecule has 34 heavy (non-hydrogen) atoms. The van der Waals surface area contributed by atoms with E-state index in [-0.39, 0.29) is 47.9 Å². The van der Waals surface area contributed by atoms with E-state index in [9.17, 15) is 27.7 Å². The van der Waals surface area contributed by atoms with Gasteiger partial charge in [-0.1, -0.05) is 18.2 Å². The molecule has 0 aliphatic carbocycles. The Morgan fingerprint density at radius 1 is 1.12 bits per heavy atom. The summed E-state index contributed by atoms with van der Waals surface area (Å²) in [7, 11) is -3.81. The summed E-state index contributed by atoms with van der Waals surface area (Å²) in [5.74, 6) is -0.648. The van der Waals surface area contributed by atoms with Crippen LogP contribution in [0.4, 0.5) is 15.9 Å². The molecule has 1 saturated heterocycles. The van der Waals surface area contributed by atoms with Crippen molar-refractivity contribution >= 4 is 27.4 Å². The third-order valence-electron chi connectivity index (χ3n) is 5.69. The Morgan fingerprint density at radius 2 is 1.79 bits per heavy atom. The standard InChI is InChI=1S/C22H22FN5O5S/c23-20-4-2-1-3-17(20)15-26-12-11-21(25-26)24-22(29)16-9-13-27(14-10-16)34(32,33)19-7-5-18(6-8-19)28(30)31/h1-8,11-12,16H,9-10,13-15H2,(H,24,25,29). The summed E-state index contributed by atoms with van der Waals surface area (Å²) in [5, 5.41) is 17.8. The van der Waals surface area contributed by atoms with Gasteiger partial charge in [-0.2, -0.15) is 9.40 Å². The van der Waals surface area contributed by atoms with Crippen molar-refractivity contribution in [3.05, 3.63) is 82.3 Å². The van der Waals surface area contributed by atoms with E-state index in [2.05, 4.69) is 10.4 Å². The van der Waals surface area contributed by atoms with E-state index in [1.54, 1.807) is 30.5 Å². The topological polar surface area (TPSA) is 127 Å². The van der Waals surface area contributed by atoms with Gasteiger partial charge in [-0.25, -0.2) is 12.8 Å². The fraction of sp³-hybridized carbons (Fsp3) is 0.273. The van der Waals surface area contributed by atoms with Crippen LogP contribution in [0.5, 0.6) is 0 Å². The van der Waals surface area contributed by atoms with Crippen LogP contribution in [-0.4, -0.2) is 46.4 Å². The predicted molar refractivity (Wildman–Crippen MR) is 121 cm³/mol. The molecule has 3 aromatic rings. The molecule has 1 amide bonds. The monoisotopic (exact) mass is 487 g/mol. The van der Waals surface area contributed by atoms with Crippen LogP contribution in [0, 0.1) is 21.8 Å². The van der Waals surface area contributed by atoms with Crippen molar-refractivity contribution in [2.75, 3.05) is 18.4 Å². The average Bonchev–Trinajstić information content (AvgIpc) is 3.27. The lowest BCUT2D eigenvalue weighted by molar-refractivity contribution is -0.384. The van der Waals surface area contributed by atoms with E-state index < -0.39 is 14.9 Å². The minimum Gasteiger partial charge on any atom is -0.309 e. The number of anilines is 1. The number of hydrogen-bond acceptors (Lipinski definition) is 6. The lowest BCUT2D eigenvalue weighted by atomic mass is 9.97. The highest BCUT2D eigenvalue weighted by molar-refractivity contribution is 7.89. The average molecular weight is 488 g/mol. The molecule has 1 aromatic heterocycles. The van der Waals surface area contributed by atoms with Crippen LogP contribution in [0.1, 0.15) is 18.4 Å². The van der Waals surface area contributed by atoms with Gasteiger partial charge in [0.15, 0.2) is 5.82 Å². The third-order valence-corrected chi connectivity index (χ3v) is 7.61. The van der Waals surface area contributed by atoms with Gasteiger partial charge >= 0.3 is 0 Å². The van der Waals surface area contributed by atoms with Gasteiger partial charge in [0, 0.05) is 49.0 Å². The zero-order chi connectivity index (χ0) is 24.3. The molecule has 2 heterocycles. The maximum atomic E-state index is 13.8. The minimum atomic E-state index is -3.81. The van der Waals surface area contributed by atoms with Crippen LogP contribution in [0.15, 0.2) is 65.7 Å². The van der Waals surface area contributed by atoms with Gasteiger partial charge in [-0.05, 0) is 31.0 Å². The quantitative estimate of drug-likeness (QED) is 0.403. The second kappa shape index (κ2) is 9.69. The Morgan fingerprint density at radius 3 is 2.44 bits per heavy atom. The zero-order valence-electron chi connectivity index (χ0n) is 18.0. The lowest BCUT2D eigenvalue weighted by Gasteiger charge is -2.30. The van der Waals surface area contributed by atoms with Crippen molar-refractivity contribution < 1.29 is 22.5 Å². The number of carbonyl (C=O) groups excluding carboxylic acids is 1. The normalized spacial score (nSPS) is 15.2. The molecule has 0 radical (unpaired) electrons. The number of nitro groups is 1. The molecule has 178 valence electrons.